The topological polar surface area (TPSA) is 75.9 Å². The molecule has 0 spiro atoms. The van der Waals surface area contributed by atoms with Crippen molar-refractivity contribution in [2.75, 3.05) is 25.0 Å². The van der Waals surface area contributed by atoms with E-state index in [0.717, 1.165) is 22.0 Å². The van der Waals surface area contributed by atoms with Gasteiger partial charge in [-0.3, -0.25) is 19.4 Å². The first-order valence-corrected chi connectivity index (χ1v) is 8.48. The van der Waals surface area contributed by atoms with E-state index < -0.39 is 6.17 Å². The molecule has 0 bridgehead atoms. The molecule has 0 saturated carbocycles. The highest BCUT2D eigenvalue weighted by Gasteiger charge is 2.23. The maximum absolute atomic E-state index is 13.2. The summed E-state index contributed by atoms with van der Waals surface area (Å²) in [5.74, 6) is 0.269. The Balaban J connectivity index is 1.51. The number of alkyl halides is 1. The molecular formula is C18H19FN6O. The van der Waals surface area contributed by atoms with Crippen LogP contribution >= 0.6 is 0 Å². The lowest BCUT2D eigenvalue weighted by molar-refractivity contribution is -0.117. The number of anilines is 1. The summed E-state index contributed by atoms with van der Waals surface area (Å²) in [4.78, 5) is 22.6. The van der Waals surface area contributed by atoms with Crippen molar-refractivity contribution < 1.29 is 9.18 Å². The molecule has 1 amide bonds. The van der Waals surface area contributed by atoms with Crippen LogP contribution in [0.1, 0.15) is 6.42 Å². The molecule has 8 heteroatoms. The summed E-state index contributed by atoms with van der Waals surface area (Å²) in [5.41, 5.74) is 2.66. The standard InChI is InChI=1S/C18H19FN6O/c1-24-9-14(7-22-24)13-4-12-5-17(21-8-16(12)20-6-13)23-18(26)11-25-3-2-15(19)10-25/h4-9,15H,2-3,10-11H2,1H3,(H,21,23,26). The van der Waals surface area contributed by atoms with Crippen LogP contribution < -0.4 is 5.32 Å². The van der Waals surface area contributed by atoms with Gasteiger partial charge in [0.1, 0.15) is 12.0 Å². The SMILES string of the molecule is Cn1cc(-c2cnc3cnc(NC(=O)CN4CCC(F)C4)cc3c2)cn1. The van der Waals surface area contributed by atoms with Crippen LogP contribution in [0.25, 0.3) is 22.0 Å². The zero-order valence-electron chi connectivity index (χ0n) is 14.4. The summed E-state index contributed by atoms with van der Waals surface area (Å²) >= 11 is 0. The molecule has 3 aromatic heterocycles. The lowest BCUT2D eigenvalue weighted by Crippen LogP contribution is -2.32. The van der Waals surface area contributed by atoms with Crippen LogP contribution in [0, 0.1) is 0 Å². The van der Waals surface area contributed by atoms with Crippen molar-refractivity contribution in [2.24, 2.45) is 7.05 Å². The van der Waals surface area contributed by atoms with Gasteiger partial charge in [0.25, 0.3) is 0 Å². The van der Waals surface area contributed by atoms with E-state index in [9.17, 15) is 9.18 Å². The minimum absolute atomic E-state index is 0.175. The summed E-state index contributed by atoms with van der Waals surface area (Å²) < 4.78 is 14.9. The molecule has 1 aliphatic rings. The van der Waals surface area contributed by atoms with Gasteiger partial charge in [-0.25, -0.2) is 9.37 Å². The van der Waals surface area contributed by atoms with Gasteiger partial charge in [0.2, 0.25) is 5.91 Å². The predicted octanol–water partition coefficient (Wildman–Crippen LogP) is 2.01. The van der Waals surface area contributed by atoms with E-state index in [-0.39, 0.29) is 12.5 Å². The first-order chi connectivity index (χ1) is 12.6. The van der Waals surface area contributed by atoms with E-state index in [4.69, 9.17) is 0 Å². The number of hydrogen-bond donors (Lipinski definition) is 1. The van der Waals surface area contributed by atoms with Crippen LogP contribution in [0.4, 0.5) is 10.2 Å². The minimum Gasteiger partial charge on any atom is -0.310 e. The van der Waals surface area contributed by atoms with E-state index in [2.05, 4.69) is 20.4 Å². The molecule has 134 valence electrons. The number of pyridine rings is 2. The normalized spacial score (nSPS) is 17.7. The van der Waals surface area contributed by atoms with E-state index in [1.807, 2.05) is 24.2 Å². The number of likely N-dealkylation sites (tertiary alicyclic amines) is 1. The molecule has 4 heterocycles. The molecule has 26 heavy (non-hydrogen) atoms. The number of rotatable bonds is 4. The lowest BCUT2D eigenvalue weighted by atomic mass is 10.1. The van der Waals surface area contributed by atoms with Crippen molar-refractivity contribution in [2.45, 2.75) is 12.6 Å². The summed E-state index contributed by atoms with van der Waals surface area (Å²) in [6, 6.07) is 3.78. The monoisotopic (exact) mass is 354 g/mol. The Hall–Kier alpha value is -2.87. The van der Waals surface area contributed by atoms with Crippen LogP contribution in [0.3, 0.4) is 0 Å². The first-order valence-electron chi connectivity index (χ1n) is 8.48. The predicted molar refractivity (Wildman–Crippen MR) is 96.3 cm³/mol. The van der Waals surface area contributed by atoms with Crippen molar-refractivity contribution in [1.29, 1.82) is 0 Å². The Labute approximate surface area is 149 Å². The number of hydrogen-bond acceptors (Lipinski definition) is 5. The Morgan fingerprint density at radius 3 is 2.88 bits per heavy atom. The maximum Gasteiger partial charge on any atom is 0.239 e. The molecule has 1 saturated heterocycles. The Morgan fingerprint density at radius 1 is 1.27 bits per heavy atom. The van der Waals surface area contributed by atoms with Crippen molar-refractivity contribution in [1.82, 2.24) is 24.6 Å². The molecule has 3 aromatic rings. The fraction of sp³-hybridized carbons (Fsp3) is 0.333. The second-order valence-corrected chi connectivity index (χ2v) is 6.56. The zero-order valence-corrected chi connectivity index (χ0v) is 14.4. The number of halogens is 1. The highest BCUT2D eigenvalue weighted by Crippen LogP contribution is 2.23. The number of nitrogens with one attached hydrogen (secondary N) is 1. The van der Waals surface area contributed by atoms with Gasteiger partial charge in [-0.15, -0.1) is 0 Å². The smallest absolute Gasteiger partial charge is 0.239 e. The third-order valence-corrected chi connectivity index (χ3v) is 4.46. The van der Waals surface area contributed by atoms with Gasteiger partial charge >= 0.3 is 0 Å². The van der Waals surface area contributed by atoms with Gasteiger partial charge in [0.05, 0.1) is 24.5 Å². The van der Waals surface area contributed by atoms with Crippen molar-refractivity contribution in [3.8, 4) is 11.1 Å². The average molecular weight is 354 g/mol. The molecule has 1 unspecified atom stereocenters. The molecule has 0 aromatic carbocycles. The molecule has 1 fully saturated rings. The number of nitrogens with zero attached hydrogens (tertiary/aromatic N) is 5. The fourth-order valence-corrected chi connectivity index (χ4v) is 3.14. The lowest BCUT2D eigenvalue weighted by Gasteiger charge is -2.14. The number of carbonyl (C=O) groups is 1. The number of carbonyl (C=O) groups excluding carboxylic acids is 1. The molecule has 7 nitrogen and oxygen atoms in total. The second-order valence-electron chi connectivity index (χ2n) is 6.56. The second kappa shape index (κ2) is 6.80. The van der Waals surface area contributed by atoms with Crippen LogP contribution in [-0.2, 0) is 11.8 Å². The minimum atomic E-state index is -0.835. The van der Waals surface area contributed by atoms with Crippen molar-refractivity contribution in [3.05, 3.63) is 36.9 Å². The van der Waals surface area contributed by atoms with Crippen molar-refractivity contribution in [3.63, 3.8) is 0 Å². The van der Waals surface area contributed by atoms with E-state index in [1.165, 1.54) is 0 Å². The molecule has 4 rings (SSSR count). The number of fused-ring (bicyclic) bond motifs is 1. The van der Waals surface area contributed by atoms with E-state index >= 15 is 0 Å². The first kappa shape index (κ1) is 16.6. The van der Waals surface area contributed by atoms with Gasteiger partial charge in [-0.2, -0.15) is 5.10 Å². The summed E-state index contributed by atoms with van der Waals surface area (Å²) in [5, 5.41) is 7.83. The van der Waals surface area contributed by atoms with Gasteiger partial charge in [-0.1, -0.05) is 0 Å². The summed E-state index contributed by atoms with van der Waals surface area (Å²) in [7, 11) is 1.86. The quantitative estimate of drug-likeness (QED) is 0.776. The Morgan fingerprint density at radius 2 is 2.15 bits per heavy atom. The fourth-order valence-electron chi connectivity index (χ4n) is 3.14. The van der Waals surface area contributed by atoms with Gasteiger partial charge in [-0.05, 0) is 18.6 Å². The third-order valence-electron chi connectivity index (χ3n) is 4.46. The number of aromatic nitrogens is 4. The van der Waals surface area contributed by atoms with Crippen LogP contribution in [0.15, 0.2) is 36.9 Å². The summed E-state index contributed by atoms with van der Waals surface area (Å²) in [6.07, 6.45) is 6.76. The van der Waals surface area contributed by atoms with Gasteiger partial charge in [0.15, 0.2) is 0 Å². The largest absolute Gasteiger partial charge is 0.310 e. The van der Waals surface area contributed by atoms with Crippen LogP contribution in [-0.4, -0.2) is 56.4 Å². The Kier molecular flexibility index (Phi) is 4.34. The average Bonchev–Trinajstić information content (AvgIpc) is 3.22. The number of aryl methyl sites for hydroxylation is 1. The molecule has 1 aliphatic heterocycles. The molecule has 0 radical (unpaired) electrons. The van der Waals surface area contributed by atoms with E-state index in [0.29, 0.717) is 25.3 Å². The molecular weight excluding hydrogens is 335 g/mol. The zero-order chi connectivity index (χ0) is 18.1. The van der Waals surface area contributed by atoms with E-state index in [1.54, 1.807) is 29.3 Å². The molecule has 1 atom stereocenters. The van der Waals surface area contributed by atoms with Gasteiger partial charge < -0.3 is 5.32 Å². The van der Waals surface area contributed by atoms with Gasteiger partial charge in [0, 0.05) is 49.0 Å². The van der Waals surface area contributed by atoms with Crippen LogP contribution in [0.5, 0.6) is 0 Å². The highest BCUT2D eigenvalue weighted by atomic mass is 19.1. The highest BCUT2D eigenvalue weighted by molar-refractivity contribution is 5.93. The Bertz CT molecular complexity index is 956. The summed E-state index contributed by atoms with van der Waals surface area (Å²) in [6.45, 7) is 1.10. The molecule has 0 aliphatic carbocycles. The maximum atomic E-state index is 13.2. The number of amides is 1. The van der Waals surface area contributed by atoms with Crippen LogP contribution in [0.2, 0.25) is 0 Å². The van der Waals surface area contributed by atoms with Crippen molar-refractivity contribution >= 4 is 22.6 Å². The third kappa shape index (κ3) is 3.55. The molecule has 1 N–H and O–H groups in total.